The van der Waals surface area contributed by atoms with Crippen molar-refractivity contribution in [2.24, 2.45) is 0 Å². The van der Waals surface area contributed by atoms with E-state index < -0.39 is 0 Å². The van der Waals surface area contributed by atoms with E-state index in [1.54, 1.807) is 11.8 Å². The van der Waals surface area contributed by atoms with Gasteiger partial charge in [-0.25, -0.2) is 0 Å². The summed E-state index contributed by atoms with van der Waals surface area (Å²) in [4.78, 5) is 16.0. The first kappa shape index (κ1) is 21.8. The Morgan fingerprint density at radius 2 is 2.04 bits per heavy atom. The maximum absolute atomic E-state index is 12.6. The summed E-state index contributed by atoms with van der Waals surface area (Å²) in [5.41, 5.74) is 2.74. The second-order valence-corrected chi connectivity index (χ2v) is 7.45. The number of nitrogens with zero attached hydrogens (tertiary/aromatic N) is 2. The van der Waals surface area contributed by atoms with Gasteiger partial charge < -0.3 is 15.2 Å². The predicted molar refractivity (Wildman–Crippen MR) is 111 cm³/mol. The van der Waals surface area contributed by atoms with Crippen LogP contribution in [-0.2, 0) is 5.75 Å². The number of hydrogen-bond acceptors (Lipinski definition) is 6. The number of benzene rings is 1. The lowest BCUT2D eigenvalue weighted by atomic mass is 10.2. The lowest BCUT2D eigenvalue weighted by Gasteiger charge is -2.27. The van der Waals surface area contributed by atoms with Crippen LogP contribution in [0.3, 0.4) is 0 Å². The summed E-state index contributed by atoms with van der Waals surface area (Å²) in [5, 5.41) is 10.4. The Bertz CT molecular complexity index is 728. The Kier molecular flexibility index (Phi) is 8.63. The summed E-state index contributed by atoms with van der Waals surface area (Å²) < 4.78 is 5.22. The van der Waals surface area contributed by atoms with E-state index in [0.717, 1.165) is 66.0 Å². The van der Waals surface area contributed by atoms with Gasteiger partial charge in [0.15, 0.2) is 0 Å². The van der Waals surface area contributed by atoms with Crippen molar-refractivity contribution >= 4 is 30.1 Å². The third-order valence-electron chi connectivity index (χ3n) is 4.61. The highest BCUT2D eigenvalue weighted by atomic mass is 35.5. The molecule has 6 nitrogen and oxygen atoms in total. The van der Waals surface area contributed by atoms with Gasteiger partial charge in [0.05, 0.1) is 11.3 Å². The largest absolute Gasteiger partial charge is 0.361 e. The first-order valence-electron chi connectivity index (χ1n) is 9.00. The summed E-state index contributed by atoms with van der Waals surface area (Å²) in [6, 6.07) is 7.75. The number of halogens is 1. The van der Waals surface area contributed by atoms with Gasteiger partial charge in [-0.2, -0.15) is 0 Å². The van der Waals surface area contributed by atoms with Crippen molar-refractivity contribution in [1.82, 2.24) is 20.7 Å². The van der Waals surface area contributed by atoms with E-state index in [0.29, 0.717) is 6.54 Å². The zero-order chi connectivity index (χ0) is 18.4. The number of amides is 1. The van der Waals surface area contributed by atoms with Crippen molar-refractivity contribution < 1.29 is 9.32 Å². The van der Waals surface area contributed by atoms with Gasteiger partial charge in [0, 0.05) is 55.5 Å². The minimum absolute atomic E-state index is 0. The summed E-state index contributed by atoms with van der Waals surface area (Å²) in [5.74, 6) is 1.57. The number of hydrogen-bond donors (Lipinski definition) is 2. The molecule has 27 heavy (non-hydrogen) atoms. The number of thioether (sulfide) groups is 1. The van der Waals surface area contributed by atoms with Gasteiger partial charge in [0.25, 0.3) is 5.91 Å². The number of carbonyl (C=O) groups excluding carboxylic acids is 1. The smallest absolute Gasteiger partial charge is 0.252 e. The second kappa shape index (κ2) is 10.7. The standard InChI is InChI=1S/C19H26N4O2S.ClH/c1-14-17(15(2)25-22-14)13-26-18-6-4-3-5-16(18)19(24)21-9-12-23-10-7-20-8-11-23;/h3-6,20H,7-13H2,1-2H3,(H,21,24);1H. The number of aryl methyl sites for hydroxylation is 2. The quantitative estimate of drug-likeness (QED) is 0.684. The molecule has 3 rings (SSSR count). The molecule has 1 aliphatic heterocycles. The highest BCUT2D eigenvalue weighted by Crippen LogP contribution is 2.28. The fourth-order valence-corrected chi connectivity index (χ4v) is 4.20. The highest BCUT2D eigenvalue weighted by molar-refractivity contribution is 7.98. The number of aromatic nitrogens is 1. The monoisotopic (exact) mass is 410 g/mol. The van der Waals surface area contributed by atoms with E-state index in [-0.39, 0.29) is 18.3 Å². The molecule has 0 unspecified atom stereocenters. The van der Waals surface area contributed by atoms with Crippen LogP contribution in [0, 0.1) is 13.8 Å². The Balaban J connectivity index is 0.00000261. The van der Waals surface area contributed by atoms with Gasteiger partial charge >= 0.3 is 0 Å². The molecule has 0 aliphatic carbocycles. The molecule has 148 valence electrons. The number of piperazine rings is 1. The Morgan fingerprint density at radius 3 is 2.74 bits per heavy atom. The maximum Gasteiger partial charge on any atom is 0.252 e. The summed E-state index contributed by atoms with van der Waals surface area (Å²) in [7, 11) is 0. The van der Waals surface area contributed by atoms with Crippen LogP contribution in [0.5, 0.6) is 0 Å². The van der Waals surface area contributed by atoms with Crippen LogP contribution >= 0.6 is 24.2 Å². The number of carbonyl (C=O) groups is 1. The molecule has 8 heteroatoms. The summed E-state index contributed by atoms with van der Waals surface area (Å²) >= 11 is 1.64. The van der Waals surface area contributed by atoms with Gasteiger partial charge in [-0.05, 0) is 26.0 Å². The average molecular weight is 411 g/mol. The Hall–Kier alpha value is -1.54. The van der Waals surface area contributed by atoms with Gasteiger partial charge in [0.1, 0.15) is 5.76 Å². The van der Waals surface area contributed by atoms with Crippen LogP contribution in [0.15, 0.2) is 33.7 Å². The Labute approximate surface area is 170 Å². The lowest BCUT2D eigenvalue weighted by Crippen LogP contribution is -2.46. The lowest BCUT2D eigenvalue weighted by molar-refractivity contribution is 0.0944. The maximum atomic E-state index is 12.6. The molecule has 0 spiro atoms. The Morgan fingerprint density at radius 1 is 1.30 bits per heavy atom. The molecule has 0 atom stereocenters. The molecular formula is C19H27ClN4O2S. The van der Waals surface area contributed by atoms with Crippen LogP contribution in [-0.4, -0.2) is 55.2 Å². The first-order valence-corrected chi connectivity index (χ1v) is 9.98. The normalized spacial score (nSPS) is 14.6. The van der Waals surface area contributed by atoms with Crippen LogP contribution in [0.2, 0.25) is 0 Å². The van der Waals surface area contributed by atoms with Gasteiger partial charge in [-0.15, -0.1) is 24.2 Å². The molecule has 1 aliphatic rings. The van der Waals surface area contributed by atoms with E-state index in [9.17, 15) is 4.79 Å². The van der Waals surface area contributed by atoms with Gasteiger partial charge in [-0.3, -0.25) is 9.69 Å². The fraction of sp³-hybridized carbons (Fsp3) is 0.474. The van der Waals surface area contributed by atoms with Gasteiger partial charge in [-0.1, -0.05) is 17.3 Å². The van der Waals surface area contributed by atoms with Crippen molar-refractivity contribution in [2.75, 3.05) is 39.3 Å². The van der Waals surface area contributed by atoms with E-state index in [2.05, 4.69) is 20.7 Å². The molecule has 1 aromatic carbocycles. The molecule has 0 saturated carbocycles. The molecular weight excluding hydrogens is 384 g/mol. The van der Waals surface area contributed by atoms with E-state index >= 15 is 0 Å². The highest BCUT2D eigenvalue weighted by Gasteiger charge is 2.15. The van der Waals surface area contributed by atoms with Crippen molar-refractivity contribution in [3.05, 3.63) is 46.8 Å². The van der Waals surface area contributed by atoms with Crippen LogP contribution in [0.1, 0.15) is 27.4 Å². The number of rotatable bonds is 7. The summed E-state index contributed by atoms with van der Waals surface area (Å²) in [6.07, 6.45) is 0. The van der Waals surface area contributed by atoms with Crippen molar-refractivity contribution in [3.8, 4) is 0 Å². The minimum atomic E-state index is -0.0120. The van der Waals surface area contributed by atoms with Crippen molar-refractivity contribution in [3.63, 3.8) is 0 Å². The molecule has 0 radical (unpaired) electrons. The van der Waals surface area contributed by atoms with E-state index in [4.69, 9.17) is 4.52 Å². The van der Waals surface area contributed by atoms with E-state index in [1.165, 1.54) is 0 Å². The molecule has 1 aromatic heterocycles. The van der Waals surface area contributed by atoms with Crippen LogP contribution in [0.25, 0.3) is 0 Å². The van der Waals surface area contributed by atoms with Crippen LogP contribution in [0.4, 0.5) is 0 Å². The van der Waals surface area contributed by atoms with Gasteiger partial charge in [0.2, 0.25) is 0 Å². The first-order chi connectivity index (χ1) is 12.6. The zero-order valence-corrected chi connectivity index (χ0v) is 17.4. The third kappa shape index (κ3) is 5.97. The van der Waals surface area contributed by atoms with Crippen molar-refractivity contribution in [1.29, 1.82) is 0 Å². The molecule has 1 saturated heterocycles. The zero-order valence-electron chi connectivity index (χ0n) is 15.8. The topological polar surface area (TPSA) is 70.4 Å². The predicted octanol–water partition coefficient (Wildman–Crippen LogP) is 2.64. The number of nitrogens with one attached hydrogen (secondary N) is 2. The molecule has 2 heterocycles. The fourth-order valence-electron chi connectivity index (χ4n) is 3.00. The third-order valence-corrected chi connectivity index (χ3v) is 5.71. The molecule has 0 bridgehead atoms. The SMILES string of the molecule is Cc1noc(C)c1CSc1ccccc1C(=O)NCCN1CCNCC1.Cl. The van der Waals surface area contributed by atoms with Crippen molar-refractivity contribution in [2.45, 2.75) is 24.5 Å². The molecule has 1 amide bonds. The molecule has 2 N–H and O–H groups in total. The second-order valence-electron chi connectivity index (χ2n) is 6.44. The molecule has 2 aromatic rings. The molecule has 1 fully saturated rings. The average Bonchev–Trinajstić information content (AvgIpc) is 2.99. The summed E-state index contributed by atoms with van der Waals surface area (Å²) in [6.45, 7) is 9.55. The van der Waals surface area contributed by atoms with E-state index in [1.807, 2.05) is 38.1 Å². The van der Waals surface area contributed by atoms with Crippen LogP contribution < -0.4 is 10.6 Å². The minimum Gasteiger partial charge on any atom is -0.361 e.